The summed E-state index contributed by atoms with van der Waals surface area (Å²) in [5, 5.41) is 7.63. The van der Waals surface area contributed by atoms with E-state index >= 15 is 0 Å². The van der Waals surface area contributed by atoms with E-state index < -0.39 is 0 Å². The van der Waals surface area contributed by atoms with Gasteiger partial charge in [0.2, 0.25) is 5.91 Å². The van der Waals surface area contributed by atoms with Crippen LogP contribution in [0.15, 0.2) is 30.3 Å². The zero-order chi connectivity index (χ0) is 20.4. The van der Waals surface area contributed by atoms with Crippen LogP contribution in [0, 0.1) is 13.8 Å². The molecule has 0 aliphatic carbocycles. The number of likely N-dealkylation sites (tertiary alicyclic amines) is 1. The predicted molar refractivity (Wildman–Crippen MR) is 111 cm³/mol. The Morgan fingerprint density at radius 3 is 2.86 bits per heavy atom. The number of rotatable bonds is 4. The van der Waals surface area contributed by atoms with Crippen LogP contribution in [0.5, 0.6) is 0 Å². The van der Waals surface area contributed by atoms with Gasteiger partial charge in [-0.3, -0.25) is 14.3 Å². The zero-order valence-corrected chi connectivity index (χ0v) is 17.2. The van der Waals surface area contributed by atoms with Crippen LogP contribution < -0.4 is 5.32 Å². The number of benzene rings is 1. The largest absolute Gasteiger partial charge is 0.337 e. The lowest BCUT2D eigenvalue weighted by atomic mass is 10.0. The molecule has 1 atom stereocenters. The molecule has 3 heterocycles. The number of hydrogen-bond donors (Lipinski definition) is 1. The Morgan fingerprint density at radius 1 is 1.24 bits per heavy atom. The number of hydrogen-bond acceptors (Lipinski definition) is 4. The van der Waals surface area contributed by atoms with Crippen LogP contribution in [-0.2, 0) is 11.3 Å². The average molecular weight is 396 g/mol. The first-order chi connectivity index (χ1) is 14.0. The minimum atomic E-state index is 0.0486. The van der Waals surface area contributed by atoms with Gasteiger partial charge in [0.1, 0.15) is 0 Å². The van der Waals surface area contributed by atoms with Crippen LogP contribution in [0.2, 0.25) is 0 Å². The smallest absolute Gasteiger partial charge is 0.253 e. The fourth-order valence-electron chi connectivity index (χ4n) is 4.39. The Kier molecular flexibility index (Phi) is 5.67. The highest BCUT2D eigenvalue weighted by molar-refractivity contribution is 5.94. The maximum Gasteiger partial charge on any atom is 0.253 e. The number of aromatic nitrogens is 2. The third kappa shape index (κ3) is 4.34. The molecule has 2 fully saturated rings. The molecule has 0 spiro atoms. The highest BCUT2D eigenvalue weighted by Gasteiger charge is 2.31. The molecule has 2 aliphatic heterocycles. The first kappa shape index (κ1) is 19.6. The molecule has 1 aromatic carbocycles. The minimum Gasteiger partial charge on any atom is -0.337 e. The summed E-state index contributed by atoms with van der Waals surface area (Å²) < 4.78 is 1.96. The molecule has 7 nitrogen and oxygen atoms in total. The highest BCUT2D eigenvalue weighted by atomic mass is 16.2. The number of piperazine rings is 1. The van der Waals surface area contributed by atoms with Crippen molar-refractivity contribution in [3.8, 4) is 0 Å². The standard InChI is InChI=1S/C22H29N5O2/c1-16-11-17(2)27(24-16)14-18-5-3-6-19(12-18)22(29)25-9-4-7-20(15-25)26-10-8-23-13-21(26)28/h3,5-6,11-12,20,23H,4,7-10,13-15H2,1-2H3. The van der Waals surface area contributed by atoms with Crippen LogP contribution in [0.3, 0.4) is 0 Å². The summed E-state index contributed by atoms with van der Waals surface area (Å²) >= 11 is 0. The SMILES string of the molecule is Cc1cc(C)n(Cc2cccc(C(=O)N3CCCC(N4CCNCC4=O)C3)c2)n1. The normalized spacial score (nSPS) is 20.2. The van der Waals surface area contributed by atoms with E-state index in [1.807, 2.05) is 52.6 Å². The molecule has 154 valence electrons. The molecule has 2 aromatic rings. The fraction of sp³-hybridized carbons (Fsp3) is 0.500. The van der Waals surface area contributed by atoms with E-state index in [1.54, 1.807) is 0 Å². The van der Waals surface area contributed by atoms with E-state index in [4.69, 9.17) is 0 Å². The van der Waals surface area contributed by atoms with E-state index in [9.17, 15) is 9.59 Å². The monoisotopic (exact) mass is 395 g/mol. The number of nitrogens with one attached hydrogen (secondary N) is 1. The number of piperidine rings is 1. The van der Waals surface area contributed by atoms with Gasteiger partial charge in [-0.15, -0.1) is 0 Å². The van der Waals surface area contributed by atoms with Crippen molar-refractivity contribution in [2.45, 2.75) is 39.3 Å². The molecule has 0 radical (unpaired) electrons. The molecule has 0 saturated carbocycles. The van der Waals surface area contributed by atoms with Crippen molar-refractivity contribution in [3.63, 3.8) is 0 Å². The van der Waals surface area contributed by atoms with Gasteiger partial charge in [-0.1, -0.05) is 12.1 Å². The number of carbonyl (C=O) groups excluding carboxylic acids is 2. The van der Waals surface area contributed by atoms with Gasteiger partial charge in [-0.05, 0) is 50.5 Å². The summed E-state index contributed by atoms with van der Waals surface area (Å²) in [4.78, 5) is 29.3. The predicted octanol–water partition coefficient (Wildman–Crippen LogP) is 1.58. The van der Waals surface area contributed by atoms with Crippen molar-refractivity contribution >= 4 is 11.8 Å². The maximum absolute atomic E-state index is 13.2. The molecule has 1 unspecified atom stereocenters. The van der Waals surface area contributed by atoms with E-state index in [0.717, 1.165) is 49.4 Å². The molecule has 2 saturated heterocycles. The lowest BCUT2D eigenvalue weighted by molar-refractivity contribution is -0.135. The van der Waals surface area contributed by atoms with Gasteiger partial charge in [-0.25, -0.2) is 0 Å². The van der Waals surface area contributed by atoms with Crippen molar-refractivity contribution in [2.24, 2.45) is 0 Å². The Morgan fingerprint density at radius 2 is 2.10 bits per heavy atom. The molecule has 1 aromatic heterocycles. The van der Waals surface area contributed by atoms with E-state index in [2.05, 4.69) is 16.5 Å². The molecule has 1 N–H and O–H groups in total. The maximum atomic E-state index is 13.2. The Hall–Kier alpha value is -2.67. The van der Waals surface area contributed by atoms with Crippen molar-refractivity contribution in [1.82, 2.24) is 24.9 Å². The summed E-state index contributed by atoms with van der Waals surface area (Å²) in [5.74, 6) is 0.190. The zero-order valence-electron chi connectivity index (χ0n) is 17.2. The average Bonchev–Trinajstić information content (AvgIpc) is 3.04. The summed E-state index contributed by atoms with van der Waals surface area (Å²) in [6.07, 6.45) is 1.90. The number of carbonyl (C=O) groups is 2. The van der Waals surface area contributed by atoms with Gasteiger partial charge in [0.15, 0.2) is 0 Å². The van der Waals surface area contributed by atoms with Crippen molar-refractivity contribution in [1.29, 1.82) is 0 Å². The van der Waals surface area contributed by atoms with Crippen LogP contribution >= 0.6 is 0 Å². The van der Waals surface area contributed by atoms with Gasteiger partial charge in [0.05, 0.1) is 18.8 Å². The first-order valence-corrected chi connectivity index (χ1v) is 10.4. The third-order valence-corrected chi connectivity index (χ3v) is 5.86. The summed E-state index contributed by atoms with van der Waals surface area (Å²) in [5.41, 5.74) is 3.87. The van der Waals surface area contributed by atoms with E-state index in [-0.39, 0.29) is 17.9 Å². The van der Waals surface area contributed by atoms with Gasteiger partial charge in [0.25, 0.3) is 5.91 Å². The second-order valence-electron chi connectivity index (χ2n) is 8.10. The van der Waals surface area contributed by atoms with Gasteiger partial charge >= 0.3 is 0 Å². The summed E-state index contributed by atoms with van der Waals surface area (Å²) in [6, 6.07) is 10.0. The van der Waals surface area contributed by atoms with E-state index in [0.29, 0.717) is 25.2 Å². The number of aryl methyl sites for hydroxylation is 2. The van der Waals surface area contributed by atoms with Crippen molar-refractivity contribution in [3.05, 3.63) is 52.8 Å². The molecular formula is C22H29N5O2. The van der Waals surface area contributed by atoms with Crippen molar-refractivity contribution in [2.75, 3.05) is 32.7 Å². The topological polar surface area (TPSA) is 70.5 Å². The second kappa shape index (κ2) is 8.37. The van der Waals surface area contributed by atoms with E-state index in [1.165, 1.54) is 0 Å². The molecule has 2 amide bonds. The molecule has 7 heteroatoms. The first-order valence-electron chi connectivity index (χ1n) is 10.4. The molecule has 4 rings (SSSR count). The third-order valence-electron chi connectivity index (χ3n) is 5.86. The Labute approximate surface area is 171 Å². The minimum absolute atomic E-state index is 0.0486. The second-order valence-corrected chi connectivity index (χ2v) is 8.10. The summed E-state index contributed by atoms with van der Waals surface area (Å²) in [6.45, 7) is 7.99. The Balaban J connectivity index is 1.46. The van der Waals surface area contributed by atoms with Crippen LogP contribution in [-0.4, -0.2) is 70.2 Å². The van der Waals surface area contributed by atoms with Crippen molar-refractivity contribution < 1.29 is 9.59 Å². The Bertz CT molecular complexity index is 906. The van der Waals surface area contributed by atoms with Gasteiger partial charge in [0, 0.05) is 43.5 Å². The van der Waals surface area contributed by atoms with Gasteiger partial charge < -0.3 is 15.1 Å². The molecule has 2 aliphatic rings. The van der Waals surface area contributed by atoms with Gasteiger partial charge in [-0.2, -0.15) is 5.10 Å². The number of nitrogens with zero attached hydrogens (tertiary/aromatic N) is 4. The lowest BCUT2D eigenvalue weighted by Gasteiger charge is -2.41. The van der Waals surface area contributed by atoms with Crippen LogP contribution in [0.4, 0.5) is 0 Å². The molecule has 0 bridgehead atoms. The molecule has 29 heavy (non-hydrogen) atoms. The lowest BCUT2D eigenvalue weighted by Crippen LogP contribution is -2.57. The van der Waals surface area contributed by atoms with Crippen LogP contribution in [0.1, 0.15) is 40.2 Å². The number of amides is 2. The fourth-order valence-corrected chi connectivity index (χ4v) is 4.39. The molecular weight excluding hydrogens is 366 g/mol. The van der Waals surface area contributed by atoms with Crippen LogP contribution in [0.25, 0.3) is 0 Å². The highest BCUT2D eigenvalue weighted by Crippen LogP contribution is 2.20. The quantitative estimate of drug-likeness (QED) is 0.853. The summed E-state index contributed by atoms with van der Waals surface area (Å²) in [7, 11) is 0.